The number of hydrogen-bond donors (Lipinski definition) is 1. The summed E-state index contributed by atoms with van der Waals surface area (Å²) in [6.07, 6.45) is 7.29. The number of hydrogen-bond acceptors (Lipinski definition) is 7. The summed E-state index contributed by atoms with van der Waals surface area (Å²) >= 11 is 1.28. The van der Waals surface area contributed by atoms with Crippen molar-refractivity contribution in [2.24, 2.45) is 5.92 Å². The Kier molecular flexibility index (Phi) is 6.96. The summed E-state index contributed by atoms with van der Waals surface area (Å²) in [5.41, 5.74) is 2.49. The van der Waals surface area contributed by atoms with Gasteiger partial charge in [0.05, 0.1) is 36.1 Å². The molecule has 1 saturated heterocycles. The Labute approximate surface area is 206 Å². The predicted molar refractivity (Wildman–Crippen MR) is 134 cm³/mol. The largest absolute Gasteiger partial charge is 0.490 e. The van der Waals surface area contributed by atoms with Crippen molar-refractivity contribution in [1.82, 2.24) is 24.2 Å². The zero-order valence-corrected chi connectivity index (χ0v) is 20.2. The molecule has 0 atom stereocenters. The molecule has 4 heterocycles. The Morgan fingerprint density at radius 1 is 1.14 bits per heavy atom. The van der Waals surface area contributed by atoms with Crippen molar-refractivity contribution in [3.8, 4) is 27.6 Å². The molecule has 4 aromatic rings. The van der Waals surface area contributed by atoms with Gasteiger partial charge in [-0.05, 0) is 74.1 Å². The molecule has 180 valence electrons. The van der Waals surface area contributed by atoms with Crippen LogP contribution in [0.3, 0.4) is 0 Å². The number of nitrogens with one attached hydrogen (secondary N) is 1. The van der Waals surface area contributed by atoms with E-state index in [-0.39, 0.29) is 6.54 Å². The van der Waals surface area contributed by atoms with E-state index in [9.17, 15) is 9.18 Å². The lowest BCUT2D eigenvalue weighted by Gasteiger charge is -2.22. The molecule has 1 fully saturated rings. The smallest absolute Gasteiger partial charge is 0.286 e. The molecule has 0 saturated carbocycles. The lowest BCUT2D eigenvalue weighted by molar-refractivity contribution is 0.214. The van der Waals surface area contributed by atoms with Gasteiger partial charge in [-0.3, -0.25) is 4.79 Å². The van der Waals surface area contributed by atoms with Crippen molar-refractivity contribution in [3.63, 3.8) is 0 Å². The Morgan fingerprint density at radius 2 is 1.94 bits per heavy atom. The Bertz CT molecular complexity index is 1360. The normalized spacial score (nSPS) is 14.2. The van der Waals surface area contributed by atoms with Gasteiger partial charge in [0.1, 0.15) is 0 Å². The summed E-state index contributed by atoms with van der Waals surface area (Å²) in [6.45, 7) is 4.85. The van der Waals surface area contributed by atoms with Gasteiger partial charge in [-0.15, -0.1) is 0 Å². The highest BCUT2D eigenvalue weighted by Crippen LogP contribution is 2.25. The maximum Gasteiger partial charge on any atom is 0.286 e. The van der Waals surface area contributed by atoms with Gasteiger partial charge in [-0.25, -0.2) is 14.4 Å². The van der Waals surface area contributed by atoms with E-state index in [4.69, 9.17) is 4.74 Å². The van der Waals surface area contributed by atoms with Crippen LogP contribution in [0.1, 0.15) is 24.1 Å². The summed E-state index contributed by atoms with van der Waals surface area (Å²) in [5.74, 6) is 0.988. The molecule has 0 unspecified atom stereocenters. The van der Waals surface area contributed by atoms with Crippen molar-refractivity contribution >= 4 is 11.5 Å². The highest BCUT2D eigenvalue weighted by atomic mass is 32.1. The number of ether oxygens (including phenoxy) is 1. The van der Waals surface area contributed by atoms with Crippen LogP contribution < -0.4 is 15.6 Å². The third kappa shape index (κ3) is 5.63. The number of halogens is 1. The molecule has 1 aliphatic heterocycles. The average Bonchev–Trinajstić information content (AvgIpc) is 3.33. The Morgan fingerprint density at radius 3 is 2.69 bits per heavy atom. The Hall–Kier alpha value is -3.43. The summed E-state index contributed by atoms with van der Waals surface area (Å²) in [4.78, 5) is 22.2. The minimum atomic E-state index is -0.784. The molecule has 0 spiro atoms. The average molecular weight is 492 g/mol. The van der Waals surface area contributed by atoms with Crippen LogP contribution in [0.2, 0.25) is 0 Å². The van der Waals surface area contributed by atoms with E-state index in [1.807, 2.05) is 37.3 Å². The van der Waals surface area contributed by atoms with Gasteiger partial charge < -0.3 is 14.6 Å². The highest BCUT2D eigenvalue weighted by molar-refractivity contribution is 7.09. The fraction of sp³-hybridized carbons (Fsp3) is 0.308. The molecule has 1 aromatic carbocycles. The van der Waals surface area contributed by atoms with Gasteiger partial charge in [0, 0.05) is 17.3 Å². The molecule has 5 rings (SSSR count). The molecular formula is C26H26FN5O2S. The SMILES string of the molecule is Cc1cc(-c2cc(F)c(=O)n(Cc3cccc(-c4ncc(OCC5CCNCC5)cn4)c3)c2)sn1. The second kappa shape index (κ2) is 10.5. The third-order valence-electron chi connectivity index (χ3n) is 6.07. The minimum Gasteiger partial charge on any atom is -0.490 e. The lowest BCUT2D eigenvalue weighted by atomic mass is 9.99. The predicted octanol–water partition coefficient (Wildman–Crippen LogP) is 4.30. The van der Waals surface area contributed by atoms with Crippen molar-refractivity contribution in [1.29, 1.82) is 0 Å². The lowest BCUT2D eigenvalue weighted by Crippen LogP contribution is -2.30. The molecule has 0 amide bonds. The van der Waals surface area contributed by atoms with Crippen LogP contribution in [0.5, 0.6) is 5.75 Å². The monoisotopic (exact) mass is 491 g/mol. The van der Waals surface area contributed by atoms with E-state index in [2.05, 4.69) is 19.7 Å². The molecular weight excluding hydrogens is 465 g/mol. The van der Waals surface area contributed by atoms with Crippen LogP contribution in [0.15, 0.2) is 59.8 Å². The van der Waals surface area contributed by atoms with E-state index >= 15 is 0 Å². The first-order chi connectivity index (χ1) is 17.0. The zero-order valence-electron chi connectivity index (χ0n) is 19.4. The number of nitrogens with zero attached hydrogens (tertiary/aromatic N) is 4. The summed E-state index contributed by atoms with van der Waals surface area (Å²) in [7, 11) is 0. The van der Waals surface area contributed by atoms with Gasteiger partial charge in [-0.1, -0.05) is 18.2 Å². The van der Waals surface area contributed by atoms with Crippen molar-refractivity contribution in [2.45, 2.75) is 26.3 Å². The van der Waals surface area contributed by atoms with Gasteiger partial charge >= 0.3 is 0 Å². The second-order valence-electron chi connectivity index (χ2n) is 8.79. The van der Waals surface area contributed by atoms with Gasteiger partial charge in [0.25, 0.3) is 5.56 Å². The molecule has 7 nitrogen and oxygen atoms in total. The third-order valence-corrected chi connectivity index (χ3v) is 6.99. The van der Waals surface area contributed by atoms with Crippen LogP contribution in [-0.2, 0) is 6.54 Å². The van der Waals surface area contributed by atoms with Crippen molar-refractivity contribution < 1.29 is 9.13 Å². The van der Waals surface area contributed by atoms with Crippen LogP contribution in [-0.4, -0.2) is 38.6 Å². The molecule has 35 heavy (non-hydrogen) atoms. The molecule has 9 heteroatoms. The Balaban J connectivity index is 1.31. The van der Waals surface area contributed by atoms with E-state index in [1.165, 1.54) is 22.2 Å². The number of piperidine rings is 1. The summed E-state index contributed by atoms with van der Waals surface area (Å²) in [5, 5.41) is 3.36. The summed E-state index contributed by atoms with van der Waals surface area (Å²) in [6, 6.07) is 10.8. The van der Waals surface area contributed by atoms with Crippen LogP contribution in [0, 0.1) is 18.7 Å². The molecule has 0 aliphatic carbocycles. The number of pyridine rings is 1. The first kappa shape index (κ1) is 23.3. The van der Waals surface area contributed by atoms with E-state index in [1.54, 1.807) is 18.6 Å². The maximum atomic E-state index is 14.4. The van der Waals surface area contributed by atoms with E-state index in [0.29, 0.717) is 29.7 Å². The maximum absolute atomic E-state index is 14.4. The van der Waals surface area contributed by atoms with Crippen LogP contribution >= 0.6 is 11.5 Å². The van der Waals surface area contributed by atoms with Crippen molar-refractivity contribution in [3.05, 3.63) is 82.4 Å². The molecule has 0 radical (unpaired) electrons. The number of benzene rings is 1. The van der Waals surface area contributed by atoms with E-state index in [0.717, 1.165) is 47.6 Å². The first-order valence-corrected chi connectivity index (χ1v) is 12.4. The topological polar surface area (TPSA) is 81.9 Å². The number of rotatable bonds is 7. The molecule has 1 N–H and O–H groups in total. The zero-order chi connectivity index (χ0) is 24.2. The van der Waals surface area contributed by atoms with Gasteiger partial charge in [-0.2, -0.15) is 4.37 Å². The molecule has 1 aliphatic rings. The van der Waals surface area contributed by atoms with Crippen LogP contribution in [0.25, 0.3) is 21.8 Å². The fourth-order valence-corrected chi connectivity index (χ4v) is 4.89. The standard InChI is InChI=1S/C26H26FN5O2S/c1-17-9-24(35-31-17)21-11-23(27)26(33)32(15-21)14-19-3-2-4-20(10-19)25-29-12-22(13-30-25)34-16-18-5-7-28-8-6-18/h2-4,9-13,15,18,28H,5-8,14,16H2,1H3. The van der Waals surface area contributed by atoms with Gasteiger partial charge in [0.2, 0.25) is 0 Å². The quantitative estimate of drug-likeness (QED) is 0.415. The minimum absolute atomic E-state index is 0.229. The van der Waals surface area contributed by atoms with Crippen LogP contribution in [0.4, 0.5) is 4.39 Å². The highest BCUT2D eigenvalue weighted by Gasteiger charge is 2.14. The second-order valence-corrected chi connectivity index (χ2v) is 9.59. The first-order valence-electron chi connectivity index (χ1n) is 11.6. The van der Waals surface area contributed by atoms with Crippen molar-refractivity contribution in [2.75, 3.05) is 19.7 Å². The molecule has 0 bridgehead atoms. The number of aryl methyl sites for hydroxylation is 1. The molecule has 3 aromatic heterocycles. The number of aromatic nitrogens is 4. The fourth-order valence-electron chi connectivity index (χ4n) is 4.16. The summed E-state index contributed by atoms with van der Waals surface area (Å²) < 4.78 is 25.9. The van der Waals surface area contributed by atoms with Gasteiger partial charge in [0.15, 0.2) is 17.4 Å². The van der Waals surface area contributed by atoms with E-state index < -0.39 is 11.4 Å².